The molecule has 2 bridgehead atoms. The molecule has 3 fully saturated rings. The van der Waals surface area contributed by atoms with Crippen LogP contribution in [0, 0.1) is 17.3 Å². The van der Waals surface area contributed by atoms with Crippen LogP contribution in [-0.4, -0.2) is 24.4 Å². The predicted molar refractivity (Wildman–Crippen MR) is 58.6 cm³/mol. The summed E-state index contributed by atoms with van der Waals surface area (Å²) in [6.45, 7) is 1.34. The van der Waals surface area contributed by atoms with Crippen LogP contribution < -0.4 is 0 Å². The Hall–Kier alpha value is -0.0800. The van der Waals surface area contributed by atoms with Crippen molar-refractivity contribution >= 4 is 0 Å². The number of hydrogen-bond acceptors (Lipinski definition) is 2. The molecule has 1 heterocycles. The van der Waals surface area contributed by atoms with Gasteiger partial charge in [0.2, 0.25) is 0 Å². The molecule has 0 aromatic carbocycles. The lowest BCUT2D eigenvalue weighted by Gasteiger charge is -2.37. The van der Waals surface area contributed by atoms with E-state index >= 15 is 0 Å². The molecule has 0 spiro atoms. The average molecular weight is 210 g/mol. The van der Waals surface area contributed by atoms with Gasteiger partial charge in [-0.15, -0.1) is 0 Å². The molecule has 1 aliphatic heterocycles. The molecule has 15 heavy (non-hydrogen) atoms. The fourth-order valence-corrected chi connectivity index (χ4v) is 4.33. The molecule has 3 rings (SSSR count). The summed E-state index contributed by atoms with van der Waals surface area (Å²) >= 11 is 0. The van der Waals surface area contributed by atoms with Crippen LogP contribution in [0.15, 0.2) is 0 Å². The zero-order valence-corrected chi connectivity index (χ0v) is 9.45. The summed E-state index contributed by atoms with van der Waals surface area (Å²) in [6.07, 6.45) is 9.46. The third-order valence-corrected chi connectivity index (χ3v) is 5.08. The Balaban J connectivity index is 1.69. The van der Waals surface area contributed by atoms with Gasteiger partial charge in [-0.05, 0) is 55.8 Å². The molecule has 2 aliphatic carbocycles. The van der Waals surface area contributed by atoms with E-state index in [0.717, 1.165) is 24.9 Å². The Kier molecular flexibility index (Phi) is 2.52. The van der Waals surface area contributed by atoms with Gasteiger partial charge in [0.1, 0.15) is 0 Å². The standard InChI is InChI=1S/C13H22O2/c14-9-13(8-12-2-1-5-15-12)7-10-3-4-11(13)6-10/h10-12,14H,1-9H2. The van der Waals surface area contributed by atoms with Gasteiger partial charge in [-0.1, -0.05) is 6.42 Å². The number of ether oxygens (including phenoxy) is 1. The van der Waals surface area contributed by atoms with Crippen LogP contribution in [0.25, 0.3) is 0 Å². The summed E-state index contributed by atoms with van der Waals surface area (Å²) in [5.41, 5.74) is 0.248. The Labute approximate surface area is 92.0 Å². The Morgan fingerprint density at radius 1 is 1.27 bits per heavy atom. The lowest BCUT2D eigenvalue weighted by atomic mass is 9.70. The topological polar surface area (TPSA) is 29.5 Å². The summed E-state index contributed by atoms with van der Waals surface area (Å²) in [7, 11) is 0. The van der Waals surface area contributed by atoms with Gasteiger partial charge in [-0.25, -0.2) is 0 Å². The lowest BCUT2D eigenvalue weighted by Crippen LogP contribution is -2.35. The SMILES string of the molecule is OCC1(CC2CCCO2)CC2CCC1C2. The van der Waals surface area contributed by atoms with Gasteiger partial charge in [0, 0.05) is 13.2 Å². The lowest BCUT2D eigenvalue weighted by molar-refractivity contribution is -0.00190. The van der Waals surface area contributed by atoms with E-state index in [2.05, 4.69) is 0 Å². The maximum absolute atomic E-state index is 9.74. The van der Waals surface area contributed by atoms with Crippen molar-refractivity contribution in [3.8, 4) is 0 Å². The Bertz CT molecular complexity index is 235. The van der Waals surface area contributed by atoms with Crippen molar-refractivity contribution in [2.24, 2.45) is 17.3 Å². The van der Waals surface area contributed by atoms with Crippen molar-refractivity contribution in [2.75, 3.05) is 13.2 Å². The van der Waals surface area contributed by atoms with Gasteiger partial charge in [-0.3, -0.25) is 0 Å². The second kappa shape index (κ2) is 3.74. The maximum atomic E-state index is 9.74. The maximum Gasteiger partial charge on any atom is 0.0582 e. The number of aliphatic hydroxyl groups excluding tert-OH is 1. The molecule has 4 unspecified atom stereocenters. The van der Waals surface area contributed by atoms with Crippen molar-refractivity contribution < 1.29 is 9.84 Å². The largest absolute Gasteiger partial charge is 0.396 e. The minimum Gasteiger partial charge on any atom is -0.396 e. The molecule has 3 aliphatic rings. The van der Waals surface area contributed by atoms with Gasteiger partial charge < -0.3 is 9.84 Å². The van der Waals surface area contributed by atoms with Crippen molar-refractivity contribution in [2.45, 2.75) is 51.0 Å². The summed E-state index contributed by atoms with van der Waals surface area (Å²) in [4.78, 5) is 0. The molecule has 1 N–H and O–H groups in total. The molecule has 4 atom stereocenters. The van der Waals surface area contributed by atoms with Crippen LogP contribution in [0.2, 0.25) is 0 Å². The molecule has 2 nitrogen and oxygen atoms in total. The van der Waals surface area contributed by atoms with Crippen molar-refractivity contribution in [3.63, 3.8) is 0 Å². The third kappa shape index (κ3) is 1.62. The van der Waals surface area contributed by atoms with Gasteiger partial charge >= 0.3 is 0 Å². The van der Waals surface area contributed by atoms with Crippen molar-refractivity contribution in [3.05, 3.63) is 0 Å². The molecule has 0 amide bonds. The van der Waals surface area contributed by atoms with Crippen LogP contribution in [-0.2, 0) is 4.74 Å². The molecular weight excluding hydrogens is 188 g/mol. The number of fused-ring (bicyclic) bond motifs is 2. The first-order valence-electron chi connectivity index (χ1n) is 6.55. The summed E-state index contributed by atoms with van der Waals surface area (Å²) in [5, 5.41) is 9.74. The zero-order valence-electron chi connectivity index (χ0n) is 9.45. The van der Waals surface area contributed by atoms with E-state index in [0.29, 0.717) is 12.7 Å². The highest BCUT2D eigenvalue weighted by Gasteiger charge is 2.51. The van der Waals surface area contributed by atoms with Crippen molar-refractivity contribution in [1.29, 1.82) is 0 Å². The van der Waals surface area contributed by atoms with Crippen LogP contribution in [0.5, 0.6) is 0 Å². The monoisotopic (exact) mass is 210 g/mol. The van der Waals surface area contributed by atoms with E-state index < -0.39 is 0 Å². The highest BCUT2D eigenvalue weighted by molar-refractivity contribution is 5.01. The van der Waals surface area contributed by atoms with Gasteiger partial charge in [0.15, 0.2) is 0 Å². The molecule has 2 heteroatoms. The fourth-order valence-electron chi connectivity index (χ4n) is 4.33. The molecule has 0 aromatic rings. The van der Waals surface area contributed by atoms with E-state index in [1.165, 1.54) is 38.5 Å². The third-order valence-electron chi connectivity index (χ3n) is 5.08. The zero-order chi connectivity index (χ0) is 10.3. The molecule has 86 valence electrons. The summed E-state index contributed by atoms with van der Waals surface area (Å²) < 4.78 is 5.74. The van der Waals surface area contributed by atoms with Gasteiger partial charge in [0.05, 0.1) is 6.10 Å². The number of aliphatic hydroxyl groups is 1. The van der Waals surface area contributed by atoms with E-state index in [1.807, 2.05) is 0 Å². The normalized spacial score (nSPS) is 49.0. The molecule has 0 radical (unpaired) electrons. The second-order valence-corrected chi connectivity index (χ2v) is 5.94. The average Bonchev–Trinajstić information content (AvgIpc) is 2.93. The second-order valence-electron chi connectivity index (χ2n) is 5.94. The van der Waals surface area contributed by atoms with Gasteiger partial charge in [-0.2, -0.15) is 0 Å². The van der Waals surface area contributed by atoms with Gasteiger partial charge in [0.25, 0.3) is 0 Å². The van der Waals surface area contributed by atoms with E-state index in [9.17, 15) is 5.11 Å². The van der Waals surface area contributed by atoms with E-state index in [-0.39, 0.29) is 5.41 Å². The minimum atomic E-state index is 0.248. The minimum absolute atomic E-state index is 0.248. The first kappa shape index (κ1) is 10.1. The van der Waals surface area contributed by atoms with Crippen LogP contribution >= 0.6 is 0 Å². The number of hydrogen-bond donors (Lipinski definition) is 1. The molecule has 1 saturated heterocycles. The predicted octanol–water partition coefficient (Wildman–Crippen LogP) is 2.35. The summed E-state index contributed by atoms with van der Waals surface area (Å²) in [6, 6.07) is 0. The van der Waals surface area contributed by atoms with Crippen LogP contribution in [0.3, 0.4) is 0 Å². The first-order chi connectivity index (χ1) is 7.32. The molecular formula is C13H22O2. The van der Waals surface area contributed by atoms with Crippen LogP contribution in [0.1, 0.15) is 44.9 Å². The number of rotatable bonds is 3. The molecule has 0 aromatic heterocycles. The quantitative estimate of drug-likeness (QED) is 0.775. The highest BCUT2D eigenvalue weighted by atomic mass is 16.5. The van der Waals surface area contributed by atoms with E-state index in [4.69, 9.17) is 4.74 Å². The van der Waals surface area contributed by atoms with E-state index in [1.54, 1.807) is 0 Å². The molecule has 2 saturated carbocycles. The highest BCUT2D eigenvalue weighted by Crippen LogP contribution is 2.58. The Morgan fingerprint density at radius 3 is 2.73 bits per heavy atom. The summed E-state index contributed by atoms with van der Waals surface area (Å²) in [5.74, 6) is 1.72. The van der Waals surface area contributed by atoms with Crippen molar-refractivity contribution in [1.82, 2.24) is 0 Å². The smallest absolute Gasteiger partial charge is 0.0582 e. The Morgan fingerprint density at radius 2 is 2.20 bits per heavy atom. The van der Waals surface area contributed by atoms with Crippen LogP contribution in [0.4, 0.5) is 0 Å². The fraction of sp³-hybridized carbons (Fsp3) is 1.00. The first-order valence-corrected chi connectivity index (χ1v) is 6.55.